The van der Waals surface area contributed by atoms with Gasteiger partial charge in [0.1, 0.15) is 11.9 Å². The Labute approximate surface area is 89.7 Å². The van der Waals surface area contributed by atoms with Crippen LogP contribution in [0.15, 0.2) is 24.3 Å². The molecule has 3 heteroatoms. The van der Waals surface area contributed by atoms with Crippen molar-refractivity contribution in [3.05, 3.63) is 35.6 Å². The van der Waals surface area contributed by atoms with E-state index in [4.69, 9.17) is 4.74 Å². The first kappa shape index (κ1) is 12.1. The number of ether oxygens (including phenoxy) is 1. The van der Waals surface area contributed by atoms with E-state index in [0.29, 0.717) is 5.56 Å². The fraction of sp³-hybridized carbons (Fsp3) is 0.500. The molecule has 0 amide bonds. The first-order valence-electron chi connectivity index (χ1n) is 5.15. The molecule has 1 rings (SSSR count). The number of hydrogen-bond acceptors (Lipinski definition) is 2. The van der Waals surface area contributed by atoms with Crippen molar-refractivity contribution < 1.29 is 14.2 Å². The van der Waals surface area contributed by atoms with Crippen molar-refractivity contribution in [1.29, 1.82) is 0 Å². The Hall–Kier alpha value is -0.930. The van der Waals surface area contributed by atoms with Gasteiger partial charge in [-0.2, -0.15) is 0 Å². The lowest BCUT2D eigenvalue weighted by atomic mass is 10.0. The van der Waals surface area contributed by atoms with E-state index in [-0.39, 0.29) is 11.9 Å². The second kappa shape index (κ2) is 5.83. The van der Waals surface area contributed by atoms with E-state index in [0.717, 1.165) is 12.8 Å². The Morgan fingerprint density at radius 2 is 1.93 bits per heavy atom. The molecule has 1 aromatic carbocycles. The Morgan fingerprint density at radius 1 is 1.33 bits per heavy atom. The summed E-state index contributed by atoms with van der Waals surface area (Å²) in [6, 6.07) is 5.86. The number of rotatable bonds is 5. The predicted molar refractivity (Wildman–Crippen MR) is 57.1 cm³/mol. The van der Waals surface area contributed by atoms with Gasteiger partial charge in [-0.15, -0.1) is 0 Å². The highest BCUT2D eigenvalue weighted by Gasteiger charge is 2.19. The molecule has 0 saturated carbocycles. The standard InChI is InChI=1S/C12H17FO2/c1-3-4-11(15-2)12(14)9-5-7-10(13)8-6-9/h5-8,11-12,14H,3-4H2,1-2H3. The van der Waals surface area contributed by atoms with Gasteiger partial charge in [-0.25, -0.2) is 4.39 Å². The first-order chi connectivity index (χ1) is 7.19. The molecule has 0 radical (unpaired) electrons. The third-order valence-electron chi connectivity index (χ3n) is 2.44. The van der Waals surface area contributed by atoms with E-state index in [9.17, 15) is 9.50 Å². The van der Waals surface area contributed by atoms with E-state index in [2.05, 4.69) is 0 Å². The van der Waals surface area contributed by atoms with Gasteiger partial charge in [0, 0.05) is 7.11 Å². The van der Waals surface area contributed by atoms with Crippen molar-refractivity contribution in [2.24, 2.45) is 0 Å². The molecule has 0 aliphatic heterocycles. The Morgan fingerprint density at radius 3 is 2.40 bits per heavy atom. The smallest absolute Gasteiger partial charge is 0.123 e. The van der Waals surface area contributed by atoms with E-state index >= 15 is 0 Å². The summed E-state index contributed by atoms with van der Waals surface area (Å²) in [5, 5.41) is 9.95. The van der Waals surface area contributed by atoms with Crippen LogP contribution in [0.4, 0.5) is 4.39 Å². The Bertz CT molecular complexity index is 284. The third-order valence-corrected chi connectivity index (χ3v) is 2.44. The molecule has 15 heavy (non-hydrogen) atoms. The van der Waals surface area contributed by atoms with Crippen molar-refractivity contribution in [2.45, 2.75) is 32.0 Å². The lowest BCUT2D eigenvalue weighted by Crippen LogP contribution is -2.20. The van der Waals surface area contributed by atoms with E-state index in [1.807, 2.05) is 6.92 Å². The van der Waals surface area contributed by atoms with Crippen LogP contribution in [-0.2, 0) is 4.74 Å². The van der Waals surface area contributed by atoms with E-state index in [1.165, 1.54) is 12.1 Å². The van der Waals surface area contributed by atoms with Crippen molar-refractivity contribution in [1.82, 2.24) is 0 Å². The zero-order chi connectivity index (χ0) is 11.3. The van der Waals surface area contributed by atoms with Gasteiger partial charge in [-0.3, -0.25) is 0 Å². The fourth-order valence-corrected chi connectivity index (χ4v) is 1.56. The van der Waals surface area contributed by atoms with Crippen LogP contribution >= 0.6 is 0 Å². The molecular formula is C12H17FO2. The fourth-order valence-electron chi connectivity index (χ4n) is 1.56. The van der Waals surface area contributed by atoms with Gasteiger partial charge >= 0.3 is 0 Å². The summed E-state index contributed by atoms with van der Waals surface area (Å²) in [5.74, 6) is -0.296. The largest absolute Gasteiger partial charge is 0.386 e. The zero-order valence-electron chi connectivity index (χ0n) is 9.11. The van der Waals surface area contributed by atoms with Gasteiger partial charge in [0.25, 0.3) is 0 Å². The van der Waals surface area contributed by atoms with Crippen LogP contribution in [0.1, 0.15) is 31.4 Å². The minimum Gasteiger partial charge on any atom is -0.386 e. The van der Waals surface area contributed by atoms with Crippen LogP contribution in [-0.4, -0.2) is 18.3 Å². The number of halogens is 1. The molecular weight excluding hydrogens is 195 g/mol. The van der Waals surface area contributed by atoms with Gasteiger partial charge in [0.15, 0.2) is 0 Å². The number of aliphatic hydroxyl groups is 1. The maximum Gasteiger partial charge on any atom is 0.123 e. The molecule has 2 unspecified atom stereocenters. The Kier molecular flexibility index (Phi) is 4.72. The molecule has 1 aromatic rings. The van der Waals surface area contributed by atoms with E-state index in [1.54, 1.807) is 19.2 Å². The maximum atomic E-state index is 12.7. The number of benzene rings is 1. The first-order valence-corrected chi connectivity index (χ1v) is 5.15. The van der Waals surface area contributed by atoms with Gasteiger partial charge < -0.3 is 9.84 Å². The summed E-state index contributed by atoms with van der Waals surface area (Å²) >= 11 is 0. The molecule has 0 fully saturated rings. The quantitative estimate of drug-likeness (QED) is 0.813. The van der Waals surface area contributed by atoms with Crippen molar-refractivity contribution in [2.75, 3.05) is 7.11 Å². The highest BCUT2D eigenvalue weighted by Crippen LogP contribution is 2.22. The molecule has 0 aromatic heterocycles. The molecule has 0 bridgehead atoms. The SMILES string of the molecule is CCCC(OC)C(O)c1ccc(F)cc1. The molecule has 0 spiro atoms. The van der Waals surface area contributed by atoms with E-state index < -0.39 is 6.10 Å². The topological polar surface area (TPSA) is 29.5 Å². The third kappa shape index (κ3) is 3.29. The molecule has 0 saturated heterocycles. The van der Waals surface area contributed by atoms with Gasteiger partial charge in [-0.05, 0) is 24.1 Å². The number of hydrogen-bond donors (Lipinski definition) is 1. The van der Waals surface area contributed by atoms with Gasteiger partial charge in [0.2, 0.25) is 0 Å². The summed E-state index contributed by atoms with van der Waals surface area (Å²) in [6.07, 6.45) is 0.822. The molecule has 2 nitrogen and oxygen atoms in total. The predicted octanol–water partition coefficient (Wildman–Crippen LogP) is 2.67. The molecule has 0 aliphatic rings. The Balaban J connectivity index is 2.73. The van der Waals surface area contributed by atoms with Crippen LogP contribution in [0, 0.1) is 5.82 Å². The second-order valence-electron chi connectivity index (χ2n) is 3.56. The lowest BCUT2D eigenvalue weighted by molar-refractivity contribution is -0.0180. The average molecular weight is 212 g/mol. The minimum absolute atomic E-state index is 0.222. The average Bonchev–Trinajstić information content (AvgIpc) is 2.26. The minimum atomic E-state index is -0.685. The van der Waals surface area contributed by atoms with Crippen LogP contribution in [0.2, 0.25) is 0 Å². The highest BCUT2D eigenvalue weighted by molar-refractivity contribution is 5.19. The second-order valence-corrected chi connectivity index (χ2v) is 3.56. The lowest BCUT2D eigenvalue weighted by Gasteiger charge is -2.21. The highest BCUT2D eigenvalue weighted by atomic mass is 19.1. The summed E-state index contributed by atoms with van der Waals surface area (Å²) in [4.78, 5) is 0. The molecule has 0 heterocycles. The molecule has 1 N–H and O–H groups in total. The summed E-state index contributed by atoms with van der Waals surface area (Å²) in [5.41, 5.74) is 0.691. The van der Waals surface area contributed by atoms with Crippen LogP contribution in [0.3, 0.4) is 0 Å². The summed E-state index contributed by atoms with van der Waals surface area (Å²) in [6.45, 7) is 2.03. The number of aliphatic hydroxyl groups excluding tert-OH is 1. The van der Waals surface area contributed by atoms with Crippen molar-refractivity contribution in [3.8, 4) is 0 Å². The van der Waals surface area contributed by atoms with Crippen LogP contribution < -0.4 is 0 Å². The summed E-state index contributed by atoms with van der Waals surface area (Å²) < 4.78 is 17.9. The maximum absolute atomic E-state index is 12.7. The summed E-state index contributed by atoms with van der Waals surface area (Å²) in [7, 11) is 1.58. The molecule has 2 atom stereocenters. The number of methoxy groups -OCH3 is 1. The van der Waals surface area contributed by atoms with Gasteiger partial charge in [0.05, 0.1) is 6.10 Å². The van der Waals surface area contributed by atoms with Gasteiger partial charge in [-0.1, -0.05) is 25.5 Å². The molecule has 84 valence electrons. The van der Waals surface area contributed by atoms with Crippen molar-refractivity contribution >= 4 is 0 Å². The van der Waals surface area contributed by atoms with Crippen LogP contribution in [0.25, 0.3) is 0 Å². The zero-order valence-corrected chi connectivity index (χ0v) is 9.11. The normalized spacial score (nSPS) is 14.9. The van der Waals surface area contributed by atoms with Crippen LogP contribution in [0.5, 0.6) is 0 Å². The monoisotopic (exact) mass is 212 g/mol. The van der Waals surface area contributed by atoms with Crippen molar-refractivity contribution in [3.63, 3.8) is 0 Å². The molecule has 0 aliphatic carbocycles.